The van der Waals surface area contributed by atoms with E-state index in [4.69, 9.17) is 5.73 Å². The van der Waals surface area contributed by atoms with Crippen molar-refractivity contribution in [1.29, 1.82) is 0 Å². The summed E-state index contributed by atoms with van der Waals surface area (Å²) in [4.78, 5) is 2.23. The van der Waals surface area contributed by atoms with Gasteiger partial charge in [-0.05, 0) is 19.4 Å². The number of nitrogens with two attached hydrogens (primary N) is 1. The van der Waals surface area contributed by atoms with Crippen molar-refractivity contribution >= 4 is 12.4 Å². The summed E-state index contributed by atoms with van der Waals surface area (Å²) in [6, 6.07) is 0.333. The zero-order chi connectivity index (χ0) is 7.40. The number of alkyl halides is 1. The second-order valence-electron chi connectivity index (χ2n) is 2.89. The Bertz CT molecular complexity index is 102. The van der Waals surface area contributed by atoms with Crippen LogP contribution in [0.25, 0.3) is 0 Å². The van der Waals surface area contributed by atoms with Gasteiger partial charge in [0.25, 0.3) is 0 Å². The molecule has 1 rings (SSSR count). The summed E-state index contributed by atoms with van der Waals surface area (Å²) < 4.78 is 11.7. The predicted molar refractivity (Wildman–Crippen MR) is 46.9 cm³/mol. The second-order valence-corrected chi connectivity index (χ2v) is 2.89. The fraction of sp³-hybridized carbons (Fsp3) is 1.00. The summed E-state index contributed by atoms with van der Waals surface area (Å²) in [5, 5.41) is 0. The number of likely N-dealkylation sites (tertiary alicyclic amines) is 1. The van der Waals surface area contributed by atoms with Crippen LogP contribution < -0.4 is 5.73 Å². The third-order valence-electron chi connectivity index (χ3n) is 1.92. The average molecular weight is 183 g/mol. The van der Waals surface area contributed by atoms with Gasteiger partial charge in [0.05, 0.1) is 6.67 Å². The van der Waals surface area contributed by atoms with Crippen molar-refractivity contribution in [2.75, 3.05) is 26.3 Å². The SMILES string of the molecule is Cl.NC1CCN(CCCF)C1. The van der Waals surface area contributed by atoms with E-state index in [9.17, 15) is 4.39 Å². The van der Waals surface area contributed by atoms with Gasteiger partial charge < -0.3 is 10.6 Å². The van der Waals surface area contributed by atoms with Gasteiger partial charge in [0.2, 0.25) is 0 Å². The van der Waals surface area contributed by atoms with Crippen LogP contribution in [-0.2, 0) is 0 Å². The molecular weight excluding hydrogens is 167 g/mol. The molecular formula is C7H16ClFN2. The van der Waals surface area contributed by atoms with E-state index >= 15 is 0 Å². The van der Waals surface area contributed by atoms with Crippen LogP contribution in [-0.4, -0.2) is 37.3 Å². The summed E-state index contributed by atoms with van der Waals surface area (Å²) in [5.41, 5.74) is 5.66. The van der Waals surface area contributed by atoms with E-state index in [1.54, 1.807) is 0 Å². The van der Waals surface area contributed by atoms with Crippen LogP contribution in [0.4, 0.5) is 4.39 Å². The Morgan fingerprint density at radius 2 is 2.27 bits per heavy atom. The van der Waals surface area contributed by atoms with E-state index in [1.165, 1.54) is 0 Å². The Morgan fingerprint density at radius 1 is 1.55 bits per heavy atom. The van der Waals surface area contributed by atoms with Crippen molar-refractivity contribution in [2.24, 2.45) is 5.73 Å². The molecule has 2 N–H and O–H groups in total. The maximum Gasteiger partial charge on any atom is 0.0906 e. The second kappa shape index (κ2) is 5.75. The molecule has 1 unspecified atom stereocenters. The molecule has 2 nitrogen and oxygen atoms in total. The third kappa shape index (κ3) is 3.89. The van der Waals surface area contributed by atoms with Gasteiger partial charge in [-0.25, -0.2) is 0 Å². The summed E-state index contributed by atoms with van der Waals surface area (Å²) in [6.45, 7) is 2.69. The molecule has 0 aromatic heterocycles. The summed E-state index contributed by atoms with van der Waals surface area (Å²) in [7, 11) is 0. The van der Waals surface area contributed by atoms with E-state index in [0.29, 0.717) is 12.5 Å². The largest absolute Gasteiger partial charge is 0.326 e. The molecule has 0 aromatic rings. The lowest BCUT2D eigenvalue weighted by Crippen LogP contribution is -2.27. The van der Waals surface area contributed by atoms with Crippen molar-refractivity contribution < 1.29 is 4.39 Å². The monoisotopic (exact) mass is 182 g/mol. The minimum Gasteiger partial charge on any atom is -0.326 e. The van der Waals surface area contributed by atoms with Gasteiger partial charge in [0.1, 0.15) is 0 Å². The normalized spacial score (nSPS) is 25.1. The molecule has 0 aromatic carbocycles. The Kier molecular flexibility index (Phi) is 5.82. The molecule has 0 bridgehead atoms. The Hall–Kier alpha value is 0.140. The molecule has 68 valence electrons. The highest BCUT2D eigenvalue weighted by molar-refractivity contribution is 5.85. The van der Waals surface area contributed by atoms with Crippen molar-refractivity contribution in [2.45, 2.75) is 18.9 Å². The quantitative estimate of drug-likeness (QED) is 0.700. The van der Waals surface area contributed by atoms with E-state index in [-0.39, 0.29) is 19.1 Å². The van der Waals surface area contributed by atoms with Gasteiger partial charge in [0, 0.05) is 19.1 Å². The van der Waals surface area contributed by atoms with Gasteiger partial charge >= 0.3 is 0 Å². The molecule has 1 aliphatic heterocycles. The first-order valence-electron chi connectivity index (χ1n) is 3.87. The lowest BCUT2D eigenvalue weighted by Gasteiger charge is -2.12. The molecule has 1 atom stereocenters. The summed E-state index contributed by atoms with van der Waals surface area (Å²) in [5.74, 6) is 0. The minimum absolute atomic E-state index is 0. The molecule has 4 heteroatoms. The van der Waals surface area contributed by atoms with Gasteiger partial charge in [-0.1, -0.05) is 0 Å². The smallest absolute Gasteiger partial charge is 0.0906 e. The highest BCUT2D eigenvalue weighted by Crippen LogP contribution is 2.06. The van der Waals surface area contributed by atoms with Crippen LogP contribution in [0.1, 0.15) is 12.8 Å². The molecule has 0 spiro atoms. The lowest BCUT2D eigenvalue weighted by molar-refractivity contribution is 0.309. The first-order chi connectivity index (χ1) is 4.83. The molecule has 1 heterocycles. The third-order valence-corrected chi connectivity index (χ3v) is 1.92. The molecule has 11 heavy (non-hydrogen) atoms. The molecule has 1 saturated heterocycles. The van der Waals surface area contributed by atoms with Crippen molar-refractivity contribution in [3.05, 3.63) is 0 Å². The van der Waals surface area contributed by atoms with Gasteiger partial charge in [-0.15, -0.1) is 12.4 Å². The lowest BCUT2D eigenvalue weighted by atomic mass is 10.3. The fourth-order valence-corrected chi connectivity index (χ4v) is 1.35. The van der Waals surface area contributed by atoms with Crippen LogP contribution in [0.15, 0.2) is 0 Å². The molecule has 0 aliphatic carbocycles. The van der Waals surface area contributed by atoms with Crippen molar-refractivity contribution in [3.63, 3.8) is 0 Å². The number of nitrogens with zero attached hydrogens (tertiary/aromatic N) is 1. The van der Waals surface area contributed by atoms with E-state index < -0.39 is 0 Å². The van der Waals surface area contributed by atoms with E-state index in [2.05, 4.69) is 4.90 Å². The average Bonchev–Trinajstić information content (AvgIpc) is 2.31. The molecule has 0 radical (unpaired) electrons. The standard InChI is InChI=1S/C7H15FN2.ClH/c8-3-1-4-10-5-2-7(9)6-10;/h7H,1-6,9H2;1H. The maximum absolute atomic E-state index is 11.7. The number of hydrogen-bond donors (Lipinski definition) is 1. The van der Waals surface area contributed by atoms with E-state index in [1.807, 2.05) is 0 Å². The van der Waals surface area contributed by atoms with Crippen molar-refractivity contribution in [1.82, 2.24) is 4.90 Å². The van der Waals surface area contributed by atoms with Crippen LogP contribution in [0, 0.1) is 0 Å². The number of hydrogen-bond acceptors (Lipinski definition) is 2. The van der Waals surface area contributed by atoms with Crippen LogP contribution >= 0.6 is 12.4 Å². The summed E-state index contributed by atoms with van der Waals surface area (Å²) in [6.07, 6.45) is 1.74. The van der Waals surface area contributed by atoms with Gasteiger partial charge in [0.15, 0.2) is 0 Å². The first kappa shape index (κ1) is 11.1. The Balaban J connectivity index is 0.000001000. The van der Waals surface area contributed by atoms with Crippen LogP contribution in [0.5, 0.6) is 0 Å². The molecule has 0 amide bonds. The zero-order valence-electron chi connectivity index (χ0n) is 6.63. The summed E-state index contributed by atoms with van der Waals surface area (Å²) >= 11 is 0. The van der Waals surface area contributed by atoms with Crippen LogP contribution in [0.2, 0.25) is 0 Å². The predicted octanol–water partition coefficient (Wildman–Crippen LogP) is 0.801. The highest BCUT2D eigenvalue weighted by atomic mass is 35.5. The molecule has 0 saturated carbocycles. The first-order valence-corrected chi connectivity index (χ1v) is 3.87. The van der Waals surface area contributed by atoms with Gasteiger partial charge in [-0.2, -0.15) is 0 Å². The topological polar surface area (TPSA) is 29.3 Å². The number of halogens is 2. The molecule has 1 fully saturated rings. The minimum atomic E-state index is -0.203. The van der Waals surface area contributed by atoms with Gasteiger partial charge in [-0.3, -0.25) is 4.39 Å². The molecule has 1 aliphatic rings. The highest BCUT2D eigenvalue weighted by Gasteiger charge is 2.17. The maximum atomic E-state index is 11.7. The number of rotatable bonds is 3. The Morgan fingerprint density at radius 3 is 2.73 bits per heavy atom. The van der Waals surface area contributed by atoms with E-state index in [0.717, 1.165) is 26.1 Å². The Labute approximate surface area is 73.3 Å². The van der Waals surface area contributed by atoms with Crippen molar-refractivity contribution in [3.8, 4) is 0 Å². The van der Waals surface area contributed by atoms with Crippen LogP contribution in [0.3, 0.4) is 0 Å². The zero-order valence-corrected chi connectivity index (χ0v) is 7.45. The fourth-order valence-electron chi connectivity index (χ4n) is 1.35.